The first-order valence-electron chi connectivity index (χ1n) is 8.92. The van der Waals surface area contributed by atoms with E-state index in [0.29, 0.717) is 11.8 Å². The normalized spacial score (nSPS) is 20.4. The van der Waals surface area contributed by atoms with Crippen LogP contribution in [0.2, 0.25) is 0 Å². The number of hydrogen-bond acceptors (Lipinski definition) is 4. The Hall–Kier alpha value is -1.82. The van der Waals surface area contributed by atoms with Crippen LogP contribution in [0.4, 0.5) is 0 Å². The van der Waals surface area contributed by atoms with Crippen LogP contribution < -0.4 is 5.32 Å². The molecule has 134 valence electrons. The van der Waals surface area contributed by atoms with E-state index in [0.717, 1.165) is 35.3 Å². The summed E-state index contributed by atoms with van der Waals surface area (Å²) >= 11 is 1.44. The second kappa shape index (κ2) is 8.04. The standard InChI is InChI=1S/C19H26N4OS/c1-13-8-10-15(11-9-13)20-17(24)12-25-19-22-21-18(23(19)3)16-7-5-4-6-14(16)2/h4-7,13,15H,8-12H2,1-3H3,(H,20,24). The van der Waals surface area contributed by atoms with Crippen molar-refractivity contribution in [2.75, 3.05) is 5.75 Å². The van der Waals surface area contributed by atoms with E-state index in [1.807, 2.05) is 29.8 Å². The number of thioether (sulfide) groups is 1. The maximum absolute atomic E-state index is 12.2. The molecule has 1 amide bonds. The van der Waals surface area contributed by atoms with Gasteiger partial charge in [-0.05, 0) is 44.1 Å². The molecule has 5 nitrogen and oxygen atoms in total. The molecule has 25 heavy (non-hydrogen) atoms. The van der Waals surface area contributed by atoms with Crippen molar-refractivity contribution in [2.24, 2.45) is 13.0 Å². The topological polar surface area (TPSA) is 59.8 Å². The number of hydrogen-bond donors (Lipinski definition) is 1. The van der Waals surface area contributed by atoms with Crippen LogP contribution in [0.15, 0.2) is 29.4 Å². The molecule has 6 heteroatoms. The van der Waals surface area contributed by atoms with Gasteiger partial charge in [0.2, 0.25) is 5.91 Å². The molecule has 1 aliphatic rings. The van der Waals surface area contributed by atoms with Crippen LogP contribution in [0, 0.1) is 12.8 Å². The van der Waals surface area contributed by atoms with E-state index in [-0.39, 0.29) is 5.91 Å². The predicted octanol–water partition coefficient (Wildman–Crippen LogP) is 3.58. The van der Waals surface area contributed by atoms with Crippen LogP contribution in [-0.2, 0) is 11.8 Å². The third kappa shape index (κ3) is 4.42. The average molecular weight is 359 g/mol. The van der Waals surface area contributed by atoms with Crippen molar-refractivity contribution >= 4 is 17.7 Å². The van der Waals surface area contributed by atoms with Gasteiger partial charge in [-0.3, -0.25) is 4.79 Å². The van der Waals surface area contributed by atoms with E-state index in [4.69, 9.17) is 0 Å². The summed E-state index contributed by atoms with van der Waals surface area (Å²) in [5.74, 6) is 2.10. The Labute approximate surface area is 153 Å². The van der Waals surface area contributed by atoms with Crippen LogP contribution in [-0.4, -0.2) is 32.5 Å². The van der Waals surface area contributed by atoms with Gasteiger partial charge in [-0.15, -0.1) is 10.2 Å². The summed E-state index contributed by atoms with van der Waals surface area (Å²) in [6, 6.07) is 8.47. The summed E-state index contributed by atoms with van der Waals surface area (Å²) < 4.78 is 1.96. The highest BCUT2D eigenvalue weighted by Gasteiger charge is 2.20. The fourth-order valence-corrected chi connectivity index (χ4v) is 4.02. The summed E-state index contributed by atoms with van der Waals surface area (Å²) in [5.41, 5.74) is 2.24. The largest absolute Gasteiger partial charge is 0.353 e. The Kier molecular flexibility index (Phi) is 5.78. The summed E-state index contributed by atoms with van der Waals surface area (Å²) in [6.45, 7) is 4.35. The summed E-state index contributed by atoms with van der Waals surface area (Å²) in [6.07, 6.45) is 4.61. The molecule has 3 rings (SSSR count). The molecular formula is C19H26N4OS. The van der Waals surface area contributed by atoms with Crippen molar-refractivity contribution in [1.29, 1.82) is 0 Å². The summed E-state index contributed by atoms with van der Waals surface area (Å²) in [5, 5.41) is 12.5. The minimum absolute atomic E-state index is 0.0880. The van der Waals surface area contributed by atoms with Gasteiger partial charge in [0.05, 0.1) is 5.75 Å². The van der Waals surface area contributed by atoms with Gasteiger partial charge in [-0.1, -0.05) is 43.0 Å². The number of aryl methyl sites for hydroxylation is 1. The van der Waals surface area contributed by atoms with Gasteiger partial charge >= 0.3 is 0 Å². The Morgan fingerprint density at radius 2 is 1.96 bits per heavy atom. The third-order valence-electron chi connectivity index (χ3n) is 4.93. The lowest BCUT2D eigenvalue weighted by Crippen LogP contribution is -2.38. The zero-order valence-corrected chi connectivity index (χ0v) is 16.0. The Bertz CT molecular complexity index is 735. The van der Waals surface area contributed by atoms with E-state index in [1.54, 1.807) is 0 Å². The Morgan fingerprint density at radius 3 is 2.68 bits per heavy atom. The van der Waals surface area contributed by atoms with Gasteiger partial charge < -0.3 is 9.88 Å². The number of carbonyl (C=O) groups is 1. The average Bonchev–Trinajstić information content (AvgIpc) is 2.96. The van der Waals surface area contributed by atoms with Crippen LogP contribution >= 0.6 is 11.8 Å². The first-order valence-corrected chi connectivity index (χ1v) is 9.90. The molecule has 0 saturated heterocycles. The Balaban J connectivity index is 1.57. The monoisotopic (exact) mass is 358 g/mol. The molecule has 1 aromatic heterocycles. The molecular weight excluding hydrogens is 332 g/mol. The van der Waals surface area contributed by atoms with Gasteiger partial charge in [0, 0.05) is 18.7 Å². The van der Waals surface area contributed by atoms with Crippen molar-refractivity contribution < 1.29 is 4.79 Å². The molecule has 1 aromatic carbocycles. The lowest BCUT2D eigenvalue weighted by molar-refractivity contribution is -0.119. The Morgan fingerprint density at radius 1 is 1.24 bits per heavy atom. The van der Waals surface area contributed by atoms with Crippen LogP contribution in [0.5, 0.6) is 0 Å². The number of nitrogens with one attached hydrogen (secondary N) is 1. The molecule has 0 bridgehead atoms. The van der Waals surface area contributed by atoms with Gasteiger partial charge in [0.1, 0.15) is 0 Å². The first-order chi connectivity index (χ1) is 12.0. The van der Waals surface area contributed by atoms with Crippen molar-refractivity contribution in [3.8, 4) is 11.4 Å². The van der Waals surface area contributed by atoms with Crippen molar-refractivity contribution in [2.45, 2.75) is 50.7 Å². The molecule has 0 unspecified atom stereocenters. The molecule has 1 heterocycles. The number of rotatable bonds is 5. The zero-order valence-electron chi connectivity index (χ0n) is 15.2. The maximum Gasteiger partial charge on any atom is 0.230 e. The van der Waals surface area contributed by atoms with Crippen molar-refractivity contribution in [3.05, 3.63) is 29.8 Å². The molecule has 0 radical (unpaired) electrons. The second-order valence-corrected chi connectivity index (χ2v) is 7.94. The number of benzene rings is 1. The SMILES string of the molecule is Cc1ccccc1-c1nnc(SCC(=O)NC2CCC(C)CC2)n1C. The summed E-state index contributed by atoms with van der Waals surface area (Å²) in [7, 11) is 1.95. The highest BCUT2D eigenvalue weighted by Crippen LogP contribution is 2.26. The lowest BCUT2D eigenvalue weighted by atomic mass is 9.87. The fraction of sp³-hybridized carbons (Fsp3) is 0.526. The van der Waals surface area contributed by atoms with Gasteiger partial charge in [0.25, 0.3) is 0 Å². The zero-order chi connectivity index (χ0) is 17.8. The van der Waals surface area contributed by atoms with E-state index in [2.05, 4.69) is 35.4 Å². The van der Waals surface area contributed by atoms with Crippen molar-refractivity contribution in [1.82, 2.24) is 20.1 Å². The van der Waals surface area contributed by atoms with Gasteiger partial charge in [0.15, 0.2) is 11.0 Å². The molecule has 0 atom stereocenters. The van der Waals surface area contributed by atoms with Gasteiger partial charge in [-0.25, -0.2) is 0 Å². The summed E-state index contributed by atoms with van der Waals surface area (Å²) in [4.78, 5) is 12.2. The maximum atomic E-state index is 12.2. The van der Waals surface area contributed by atoms with E-state index in [9.17, 15) is 4.79 Å². The smallest absolute Gasteiger partial charge is 0.230 e. The predicted molar refractivity (Wildman–Crippen MR) is 101 cm³/mol. The molecule has 2 aromatic rings. The lowest BCUT2D eigenvalue weighted by Gasteiger charge is -2.26. The van der Waals surface area contributed by atoms with Crippen LogP contribution in [0.1, 0.15) is 38.2 Å². The molecule has 1 fully saturated rings. The highest BCUT2D eigenvalue weighted by molar-refractivity contribution is 7.99. The molecule has 1 aliphatic carbocycles. The fourth-order valence-electron chi connectivity index (χ4n) is 3.30. The van der Waals surface area contributed by atoms with E-state index in [1.165, 1.54) is 30.2 Å². The van der Waals surface area contributed by atoms with Crippen molar-refractivity contribution in [3.63, 3.8) is 0 Å². The van der Waals surface area contributed by atoms with Crippen LogP contribution in [0.25, 0.3) is 11.4 Å². The first kappa shape index (κ1) is 18.0. The third-order valence-corrected chi connectivity index (χ3v) is 5.95. The number of carbonyl (C=O) groups excluding carboxylic acids is 1. The second-order valence-electron chi connectivity index (χ2n) is 6.99. The minimum atomic E-state index is 0.0880. The van der Waals surface area contributed by atoms with E-state index < -0.39 is 0 Å². The van der Waals surface area contributed by atoms with Gasteiger partial charge in [-0.2, -0.15) is 0 Å². The number of amides is 1. The number of aromatic nitrogens is 3. The highest BCUT2D eigenvalue weighted by atomic mass is 32.2. The molecule has 1 N–H and O–H groups in total. The minimum Gasteiger partial charge on any atom is -0.353 e. The molecule has 0 spiro atoms. The molecule has 1 saturated carbocycles. The molecule has 0 aliphatic heterocycles. The number of nitrogens with zero attached hydrogens (tertiary/aromatic N) is 3. The van der Waals surface area contributed by atoms with Crippen LogP contribution in [0.3, 0.4) is 0 Å². The quantitative estimate of drug-likeness (QED) is 0.830. The van der Waals surface area contributed by atoms with E-state index >= 15 is 0 Å².